The maximum absolute atomic E-state index is 13.2. The lowest BCUT2D eigenvalue weighted by molar-refractivity contribution is -0.137. The van der Waals surface area contributed by atoms with Crippen molar-refractivity contribution in [2.45, 2.75) is 39.3 Å². The summed E-state index contributed by atoms with van der Waals surface area (Å²) in [6, 6.07) is 15.9. The number of nitrogens with one attached hydrogen (secondary N) is 1. The van der Waals surface area contributed by atoms with Gasteiger partial charge in [0, 0.05) is 5.56 Å². The van der Waals surface area contributed by atoms with Crippen molar-refractivity contribution >= 4 is 24.0 Å². The van der Waals surface area contributed by atoms with E-state index in [0.717, 1.165) is 42.8 Å². The van der Waals surface area contributed by atoms with Gasteiger partial charge in [-0.2, -0.15) is 5.10 Å². The summed E-state index contributed by atoms with van der Waals surface area (Å²) in [7, 11) is 1.63. The quantitative estimate of drug-likeness (QED) is 0.732. The van der Waals surface area contributed by atoms with E-state index in [4.69, 9.17) is 14.6 Å². The number of nitrogens with zero attached hydrogens (tertiary/aromatic N) is 2. The van der Waals surface area contributed by atoms with Crippen molar-refractivity contribution in [2.75, 3.05) is 20.2 Å². The second-order valence-electron chi connectivity index (χ2n) is 8.34. The van der Waals surface area contributed by atoms with Crippen molar-refractivity contribution in [2.24, 2.45) is 10.5 Å². The number of carbonyl (C=O) groups excluding carboxylic acids is 1. The molecule has 0 aromatic heterocycles. The van der Waals surface area contributed by atoms with Gasteiger partial charge >= 0.3 is 0 Å². The lowest BCUT2D eigenvalue weighted by Gasteiger charge is -2.30. The van der Waals surface area contributed by atoms with Crippen LogP contribution >= 0.6 is 12.4 Å². The highest BCUT2D eigenvalue weighted by molar-refractivity contribution is 6.19. The maximum Gasteiger partial charge on any atom is 0.254 e. The van der Waals surface area contributed by atoms with Gasteiger partial charge in [-0.05, 0) is 63.5 Å². The largest absolute Gasteiger partial charge is 0.493 e. The first-order valence-electron chi connectivity index (χ1n) is 10.5. The Morgan fingerprint density at radius 3 is 2.48 bits per heavy atom. The monoisotopic (exact) mass is 443 g/mol. The van der Waals surface area contributed by atoms with Gasteiger partial charge in [0.05, 0.1) is 24.3 Å². The second-order valence-corrected chi connectivity index (χ2v) is 8.34. The molecule has 0 saturated carbocycles. The van der Waals surface area contributed by atoms with Crippen LogP contribution in [0.1, 0.15) is 37.8 Å². The zero-order valence-electron chi connectivity index (χ0n) is 18.3. The minimum Gasteiger partial charge on any atom is -0.493 e. The fourth-order valence-corrected chi connectivity index (χ4v) is 4.06. The third-order valence-electron chi connectivity index (χ3n) is 5.87. The van der Waals surface area contributed by atoms with Crippen LogP contribution in [0, 0.1) is 5.41 Å². The number of ether oxygens (including phenoxy) is 2. The summed E-state index contributed by atoms with van der Waals surface area (Å²) in [5.41, 5.74) is 2.05. The van der Waals surface area contributed by atoms with Gasteiger partial charge in [0.25, 0.3) is 5.91 Å². The topological polar surface area (TPSA) is 63.2 Å². The summed E-state index contributed by atoms with van der Waals surface area (Å²) in [5.74, 6) is 1.37. The number of methoxy groups -OCH3 is 1. The molecule has 0 aliphatic carbocycles. The van der Waals surface area contributed by atoms with Crippen molar-refractivity contribution in [3.63, 3.8) is 0 Å². The van der Waals surface area contributed by atoms with Crippen LogP contribution in [-0.4, -0.2) is 42.9 Å². The van der Waals surface area contributed by atoms with Gasteiger partial charge in [-0.15, -0.1) is 12.4 Å². The van der Waals surface area contributed by atoms with Crippen molar-refractivity contribution in [3.8, 4) is 11.5 Å². The molecule has 2 aliphatic rings. The van der Waals surface area contributed by atoms with E-state index in [0.29, 0.717) is 18.1 Å². The molecule has 166 valence electrons. The Bertz CT molecular complexity index is 940. The molecule has 6 nitrogen and oxygen atoms in total. The van der Waals surface area contributed by atoms with Crippen LogP contribution in [0.5, 0.6) is 11.5 Å². The van der Waals surface area contributed by atoms with Crippen LogP contribution in [0.3, 0.4) is 0 Å². The first kappa shape index (κ1) is 23.1. The van der Waals surface area contributed by atoms with Crippen LogP contribution in [0.25, 0.3) is 0 Å². The first-order chi connectivity index (χ1) is 14.5. The highest BCUT2D eigenvalue weighted by Crippen LogP contribution is 2.37. The number of hydrogen-bond donors (Lipinski definition) is 1. The van der Waals surface area contributed by atoms with Crippen LogP contribution < -0.4 is 14.8 Å². The Kier molecular flexibility index (Phi) is 7.23. The maximum atomic E-state index is 13.2. The van der Waals surface area contributed by atoms with E-state index in [1.54, 1.807) is 12.1 Å². The van der Waals surface area contributed by atoms with Gasteiger partial charge in [0.1, 0.15) is 6.61 Å². The lowest BCUT2D eigenvalue weighted by Crippen LogP contribution is -2.44. The molecule has 1 N–H and O–H groups in total. The average molecular weight is 444 g/mol. The summed E-state index contributed by atoms with van der Waals surface area (Å²) in [4.78, 5) is 13.2. The van der Waals surface area contributed by atoms with E-state index in [1.165, 1.54) is 0 Å². The molecule has 2 heterocycles. The van der Waals surface area contributed by atoms with Gasteiger partial charge in [-0.3, -0.25) is 4.79 Å². The molecule has 1 amide bonds. The number of amides is 1. The summed E-state index contributed by atoms with van der Waals surface area (Å²) in [5, 5.41) is 9.87. The fourth-order valence-electron chi connectivity index (χ4n) is 4.06. The predicted octanol–water partition coefficient (Wildman–Crippen LogP) is 4.02. The molecule has 2 aromatic carbocycles. The second kappa shape index (κ2) is 9.71. The SMILES string of the molecule is COc1ccc(C2=NN(C3CCNCC3)C(=O)C2(C)C)cc1OCc1ccccc1.Cl. The smallest absolute Gasteiger partial charge is 0.254 e. The number of hydrazone groups is 1. The molecule has 7 heteroatoms. The summed E-state index contributed by atoms with van der Waals surface area (Å²) in [6.45, 7) is 6.17. The molecule has 1 saturated heterocycles. The van der Waals surface area contributed by atoms with Crippen LogP contribution in [0.4, 0.5) is 0 Å². The Hall–Kier alpha value is -2.57. The minimum atomic E-state index is -0.684. The zero-order valence-corrected chi connectivity index (χ0v) is 19.1. The molecule has 2 aliphatic heterocycles. The van der Waals surface area contributed by atoms with E-state index >= 15 is 0 Å². The van der Waals surface area contributed by atoms with E-state index in [1.807, 2.05) is 62.4 Å². The molecule has 0 atom stereocenters. The molecule has 0 unspecified atom stereocenters. The Balaban J connectivity index is 0.00000272. The highest BCUT2D eigenvalue weighted by atomic mass is 35.5. The fraction of sp³-hybridized carbons (Fsp3) is 0.417. The standard InChI is InChI=1S/C24H29N3O3.ClH/c1-24(2)22(26-27(23(24)28)19-11-13-25-14-12-19)18-9-10-20(29-3)21(15-18)30-16-17-7-5-4-6-8-17;/h4-10,15,19,25H,11-14,16H2,1-3H3;1H. The third kappa shape index (κ3) is 4.70. The molecule has 1 fully saturated rings. The van der Waals surface area contributed by atoms with Crippen LogP contribution in [0.2, 0.25) is 0 Å². The van der Waals surface area contributed by atoms with Gasteiger partial charge in [0.2, 0.25) is 0 Å². The summed E-state index contributed by atoms with van der Waals surface area (Å²) < 4.78 is 11.6. The van der Waals surface area contributed by atoms with Gasteiger partial charge < -0.3 is 14.8 Å². The Morgan fingerprint density at radius 2 is 1.81 bits per heavy atom. The number of hydrogen-bond acceptors (Lipinski definition) is 5. The summed E-state index contributed by atoms with van der Waals surface area (Å²) >= 11 is 0. The first-order valence-corrected chi connectivity index (χ1v) is 10.5. The van der Waals surface area contributed by atoms with Crippen molar-refractivity contribution in [3.05, 3.63) is 59.7 Å². The number of carbonyl (C=O) groups is 1. The van der Waals surface area contributed by atoms with Crippen LogP contribution in [0.15, 0.2) is 53.6 Å². The van der Waals surface area contributed by atoms with Crippen molar-refractivity contribution < 1.29 is 14.3 Å². The number of piperidine rings is 1. The highest BCUT2D eigenvalue weighted by Gasteiger charge is 2.46. The molecular weight excluding hydrogens is 414 g/mol. The van der Waals surface area contributed by atoms with E-state index in [9.17, 15) is 4.79 Å². The number of rotatable bonds is 6. The lowest BCUT2D eigenvalue weighted by atomic mass is 9.83. The minimum absolute atomic E-state index is 0. The Labute approximate surface area is 190 Å². The van der Waals surface area contributed by atoms with Crippen molar-refractivity contribution in [1.29, 1.82) is 0 Å². The van der Waals surface area contributed by atoms with Crippen LogP contribution in [-0.2, 0) is 11.4 Å². The number of halogens is 1. The van der Waals surface area contributed by atoms with Crippen molar-refractivity contribution in [1.82, 2.24) is 10.3 Å². The molecule has 0 radical (unpaired) electrons. The third-order valence-corrected chi connectivity index (χ3v) is 5.87. The van der Waals surface area contributed by atoms with Gasteiger partial charge in [-0.25, -0.2) is 5.01 Å². The van der Waals surface area contributed by atoms with Gasteiger partial charge in [-0.1, -0.05) is 30.3 Å². The molecule has 4 rings (SSSR count). The van der Waals surface area contributed by atoms with E-state index in [2.05, 4.69) is 5.32 Å². The van der Waals surface area contributed by atoms with E-state index in [-0.39, 0.29) is 24.4 Å². The Morgan fingerprint density at radius 1 is 1.10 bits per heavy atom. The predicted molar refractivity (Wildman–Crippen MR) is 124 cm³/mol. The van der Waals surface area contributed by atoms with Gasteiger partial charge in [0.15, 0.2) is 11.5 Å². The number of benzene rings is 2. The molecule has 2 aromatic rings. The molecule has 0 spiro atoms. The summed E-state index contributed by atoms with van der Waals surface area (Å²) in [6.07, 6.45) is 1.85. The molecule has 31 heavy (non-hydrogen) atoms. The molecular formula is C24H30ClN3O3. The average Bonchev–Trinajstić information content (AvgIpc) is 3.02. The van der Waals surface area contributed by atoms with E-state index < -0.39 is 5.41 Å². The normalized spacial score (nSPS) is 18.4. The zero-order chi connectivity index (χ0) is 21.1. The molecule has 0 bridgehead atoms.